The summed E-state index contributed by atoms with van der Waals surface area (Å²) in [7, 11) is 0. The Morgan fingerprint density at radius 1 is 1.17 bits per heavy atom. The first-order valence-corrected chi connectivity index (χ1v) is 8.70. The van der Waals surface area contributed by atoms with Crippen LogP contribution in [0, 0.1) is 6.92 Å². The Kier molecular flexibility index (Phi) is 3.76. The normalized spacial score (nSPS) is 19.6. The van der Waals surface area contributed by atoms with E-state index in [1.165, 1.54) is 16.7 Å². The first kappa shape index (κ1) is 15.2. The molecule has 1 aromatic heterocycles. The van der Waals surface area contributed by atoms with Gasteiger partial charge in [0, 0.05) is 4.47 Å². The van der Waals surface area contributed by atoms with Gasteiger partial charge in [-0.3, -0.25) is 0 Å². The molecule has 3 N–H and O–H groups in total. The SMILES string of the molecule is Cc1ccc([C@@H]2C[C@@H](c3cccc(Br)c3)n3nc(N)nc3N2)cc1. The topological polar surface area (TPSA) is 68.8 Å². The van der Waals surface area contributed by atoms with Gasteiger partial charge >= 0.3 is 0 Å². The molecule has 0 aliphatic carbocycles. The van der Waals surface area contributed by atoms with E-state index in [2.05, 4.69) is 74.7 Å². The molecule has 1 aliphatic heterocycles. The molecule has 0 amide bonds. The molecule has 4 rings (SSSR count). The second kappa shape index (κ2) is 5.94. The van der Waals surface area contributed by atoms with Crippen LogP contribution in [0.2, 0.25) is 0 Å². The van der Waals surface area contributed by atoms with Gasteiger partial charge in [-0.15, -0.1) is 5.10 Å². The van der Waals surface area contributed by atoms with Crippen LogP contribution < -0.4 is 11.1 Å². The van der Waals surface area contributed by atoms with Crippen LogP contribution in [-0.2, 0) is 0 Å². The number of nitrogens with one attached hydrogen (secondary N) is 1. The molecule has 3 aromatic rings. The number of rotatable bonds is 2. The van der Waals surface area contributed by atoms with E-state index >= 15 is 0 Å². The summed E-state index contributed by atoms with van der Waals surface area (Å²) in [6.45, 7) is 2.10. The summed E-state index contributed by atoms with van der Waals surface area (Å²) in [6.07, 6.45) is 0.884. The van der Waals surface area contributed by atoms with Gasteiger partial charge in [-0.1, -0.05) is 57.9 Å². The fourth-order valence-corrected chi connectivity index (χ4v) is 3.62. The van der Waals surface area contributed by atoms with Gasteiger partial charge in [0.05, 0.1) is 12.1 Å². The van der Waals surface area contributed by atoms with Crippen molar-refractivity contribution in [2.45, 2.75) is 25.4 Å². The lowest BCUT2D eigenvalue weighted by molar-refractivity contribution is 0.431. The number of aromatic nitrogens is 3. The Morgan fingerprint density at radius 3 is 2.71 bits per heavy atom. The molecule has 2 heterocycles. The largest absolute Gasteiger partial charge is 0.366 e. The van der Waals surface area contributed by atoms with Crippen molar-refractivity contribution in [3.05, 3.63) is 69.7 Å². The molecule has 2 atom stereocenters. The zero-order valence-electron chi connectivity index (χ0n) is 13.3. The summed E-state index contributed by atoms with van der Waals surface area (Å²) >= 11 is 3.56. The maximum absolute atomic E-state index is 5.84. The van der Waals surface area contributed by atoms with Gasteiger partial charge in [-0.2, -0.15) is 4.98 Å². The molecule has 0 bridgehead atoms. The molecule has 5 nitrogen and oxygen atoms in total. The molecule has 122 valence electrons. The van der Waals surface area contributed by atoms with Crippen LogP contribution in [0.4, 0.5) is 11.9 Å². The maximum atomic E-state index is 5.84. The number of nitrogen functional groups attached to an aromatic ring is 1. The Morgan fingerprint density at radius 2 is 1.96 bits per heavy atom. The number of halogens is 1. The number of fused-ring (bicyclic) bond motifs is 1. The highest BCUT2D eigenvalue weighted by Crippen LogP contribution is 2.38. The molecule has 0 radical (unpaired) electrons. The standard InChI is InChI=1S/C18H18BrN5/c1-11-5-7-12(8-6-11)15-10-16(13-3-2-4-14(19)9-13)24-18(21-15)22-17(20)23-24/h2-9,15-16H,10H2,1H3,(H3,20,21,22,23)/t15-,16-/m0/s1. The predicted molar refractivity (Wildman–Crippen MR) is 98.9 cm³/mol. The molecule has 2 aromatic carbocycles. The third-order valence-electron chi connectivity index (χ3n) is 4.42. The Hall–Kier alpha value is -2.34. The van der Waals surface area contributed by atoms with Crippen LogP contribution in [-0.4, -0.2) is 14.8 Å². The van der Waals surface area contributed by atoms with Crippen molar-refractivity contribution in [1.82, 2.24) is 14.8 Å². The molecular weight excluding hydrogens is 366 g/mol. The highest BCUT2D eigenvalue weighted by molar-refractivity contribution is 9.10. The van der Waals surface area contributed by atoms with E-state index in [0.717, 1.165) is 10.9 Å². The van der Waals surface area contributed by atoms with E-state index < -0.39 is 0 Å². The van der Waals surface area contributed by atoms with Crippen molar-refractivity contribution in [2.75, 3.05) is 11.1 Å². The van der Waals surface area contributed by atoms with E-state index in [0.29, 0.717) is 11.9 Å². The van der Waals surface area contributed by atoms with Crippen molar-refractivity contribution < 1.29 is 0 Å². The third-order valence-corrected chi connectivity index (χ3v) is 4.91. The molecule has 1 aliphatic rings. The lowest BCUT2D eigenvalue weighted by Crippen LogP contribution is -2.28. The number of benzene rings is 2. The van der Waals surface area contributed by atoms with Gasteiger partial charge in [0.15, 0.2) is 0 Å². The fourth-order valence-electron chi connectivity index (χ4n) is 3.20. The average molecular weight is 384 g/mol. The Balaban J connectivity index is 1.76. The van der Waals surface area contributed by atoms with E-state index in [1.807, 2.05) is 16.8 Å². The van der Waals surface area contributed by atoms with Crippen molar-refractivity contribution in [1.29, 1.82) is 0 Å². The molecule has 0 fully saturated rings. The van der Waals surface area contributed by atoms with Crippen LogP contribution in [0.25, 0.3) is 0 Å². The molecule has 0 spiro atoms. The van der Waals surface area contributed by atoms with Gasteiger partial charge in [0.2, 0.25) is 11.9 Å². The Labute approximate surface area is 149 Å². The molecule has 0 saturated heterocycles. The summed E-state index contributed by atoms with van der Waals surface area (Å²) in [5.74, 6) is 1.01. The molecule has 6 heteroatoms. The number of nitrogens with zero attached hydrogens (tertiary/aromatic N) is 3. The molecule has 0 unspecified atom stereocenters. The van der Waals surface area contributed by atoms with E-state index in [-0.39, 0.29) is 12.1 Å². The number of hydrogen-bond acceptors (Lipinski definition) is 4. The van der Waals surface area contributed by atoms with Gasteiger partial charge in [-0.25, -0.2) is 4.68 Å². The lowest BCUT2D eigenvalue weighted by Gasteiger charge is -2.31. The van der Waals surface area contributed by atoms with Crippen LogP contribution >= 0.6 is 15.9 Å². The molecule has 24 heavy (non-hydrogen) atoms. The zero-order chi connectivity index (χ0) is 16.7. The highest BCUT2D eigenvalue weighted by Gasteiger charge is 2.30. The van der Waals surface area contributed by atoms with Crippen molar-refractivity contribution in [2.24, 2.45) is 0 Å². The minimum atomic E-state index is 0.0925. The average Bonchev–Trinajstić information content (AvgIpc) is 2.94. The minimum absolute atomic E-state index is 0.0925. The van der Waals surface area contributed by atoms with Crippen LogP contribution in [0.5, 0.6) is 0 Å². The summed E-state index contributed by atoms with van der Waals surface area (Å²) in [5.41, 5.74) is 9.53. The van der Waals surface area contributed by atoms with E-state index in [9.17, 15) is 0 Å². The smallest absolute Gasteiger partial charge is 0.241 e. The minimum Gasteiger partial charge on any atom is -0.366 e. The first-order chi connectivity index (χ1) is 11.6. The van der Waals surface area contributed by atoms with Crippen LogP contribution in [0.15, 0.2) is 53.0 Å². The van der Waals surface area contributed by atoms with Crippen molar-refractivity contribution in [3.8, 4) is 0 Å². The fraction of sp³-hybridized carbons (Fsp3) is 0.222. The maximum Gasteiger partial charge on any atom is 0.241 e. The predicted octanol–water partition coefficient (Wildman–Crippen LogP) is 4.08. The molecule has 0 saturated carbocycles. The number of aryl methyl sites for hydroxylation is 1. The van der Waals surface area contributed by atoms with Gasteiger partial charge in [0.1, 0.15) is 0 Å². The van der Waals surface area contributed by atoms with Crippen molar-refractivity contribution in [3.63, 3.8) is 0 Å². The van der Waals surface area contributed by atoms with Crippen LogP contribution in [0.1, 0.15) is 35.2 Å². The lowest BCUT2D eigenvalue weighted by atomic mass is 9.93. The quantitative estimate of drug-likeness (QED) is 0.699. The third kappa shape index (κ3) is 2.78. The van der Waals surface area contributed by atoms with Crippen LogP contribution in [0.3, 0.4) is 0 Å². The second-order valence-electron chi connectivity index (χ2n) is 6.15. The van der Waals surface area contributed by atoms with Crippen molar-refractivity contribution >= 4 is 27.8 Å². The monoisotopic (exact) mass is 383 g/mol. The number of anilines is 2. The molecular formula is C18H18BrN5. The van der Waals surface area contributed by atoms with Gasteiger partial charge < -0.3 is 11.1 Å². The van der Waals surface area contributed by atoms with E-state index in [1.54, 1.807) is 0 Å². The van der Waals surface area contributed by atoms with Gasteiger partial charge in [-0.05, 0) is 36.6 Å². The Bertz CT molecular complexity index is 871. The first-order valence-electron chi connectivity index (χ1n) is 7.91. The summed E-state index contributed by atoms with van der Waals surface area (Å²) in [4.78, 5) is 4.35. The van der Waals surface area contributed by atoms with Gasteiger partial charge in [0.25, 0.3) is 0 Å². The second-order valence-corrected chi connectivity index (χ2v) is 7.07. The highest BCUT2D eigenvalue weighted by atomic mass is 79.9. The zero-order valence-corrected chi connectivity index (χ0v) is 14.9. The number of hydrogen-bond donors (Lipinski definition) is 2. The number of nitrogens with two attached hydrogens (primary N) is 1. The summed E-state index contributed by atoms with van der Waals surface area (Å²) < 4.78 is 2.95. The summed E-state index contributed by atoms with van der Waals surface area (Å²) in [6, 6.07) is 17.2. The van der Waals surface area contributed by atoms with E-state index in [4.69, 9.17) is 5.73 Å². The summed E-state index contributed by atoms with van der Waals surface area (Å²) in [5, 5.41) is 7.85.